The van der Waals surface area contributed by atoms with Crippen molar-refractivity contribution in [2.24, 2.45) is 0 Å². The summed E-state index contributed by atoms with van der Waals surface area (Å²) in [4.78, 5) is 23.4. The third kappa shape index (κ3) is 5.42. The summed E-state index contributed by atoms with van der Waals surface area (Å²) < 4.78 is 19.4. The molecular formula is C18H18FN3O3. The quantitative estimate of drug-likeness (QED) is 0.497. The van der Waals surface area contributed by atoms with E-state index in [4.69, 9.17) is 4.74 Å². The number of aryl methyl sites for hydroxylation is 1. The molecule has 0 saturated carbocycles. The molecule has 0 unspecified atom stereocenters. The number of nitrogens with one attached hydrogen (secondary N) is 1. The van der Waals surface area contributed by atoms with E-state index in [-0.39, 0.29) is 5.82 Å². The van der Waals surface area contributed by atoms with Crippen molar-refractivity contribution in [3.8, 4) is 5.69 Å². The van der Waals surface area contributed by atoms with Crippen molar-refractivity contribution in [3.05, 3.63) is 66.1 Å². The Bertz CT molecular complexity index is 807. The molecule has 1 amide bonds. The Morgan fingerprint density at radius 1 is 1.28 bits per heavy atom. The van der Waals surface area contributed by atoms with E-state index in [1.54, 1.807) is 37.3 Å². The molecule has 7 heteroatoms. The van der Waals surface area contributed by atoms with Gasteiger partial charge in [-0.25, -0.2) is 13.9 Å². The number of ether oxygens (including phenoxy) is 1. The largest absolute Gasteiger partial charge is 0.452 e. The van der Waals surface area contributed by atoms with Crippen molar-refractivity contribution >= 4 is 17.7 Å². The Morgan fingerprint density at radius 3 is 2.68 bits per heavy atom. The summed E-state index contributed by atoms with van der Waals surface area (Å²) in [7, 11) is 0. The smallest absolute Gasteiger partial charge is 0.331 e. The van der Waals surface area contributed by atoms with E-state index in [0.29, 0.717) is 17.2 Å². The number of anilines is 1. The van der Waals surface area contributed by atoms with E-state index >= 15 is 0 Å². The van der Waals surface area contributed by atoms with Crippen molar-refractivity contribution in [3.63, 3.8) is 0 Å². The Balaban J connectivity index is 2.01. The Morgan fingerprint density at radius 2 is 2.00 bits per heavy atom. The molecule has 0 spiro atoms. The van der Waals surface area contributed by atoms with Crippen LogP contribution in [-0.2, 0) is 14.3 Å². The monoisotopic (exact) mass is 343 g/mol. The molecule has 1 N–H and O–H groups in total. The summed E-state index contributed by atoms with van der Waals surface area (Å²) in [6, 6.07) is 7.36. The fraction of sp³-hybridized carbons (Fsp3) is 0.167. The normalized spacial score (nSPS) is 11.2. The lowest BCUT2D eigenvalue weighted by atomic mass is 10.3. The van der Waals surface area contributed by atoms with Gasteiger partial charge in [-0.05, 0) is 38.1 Å². The van der Waals surface area contributed by atoms with Gasteiger partial charge in [0, 0.05) is 12.1 Å². The van der Waals surface area contributed by atoms with Crippen LogP contribution in [0.25, 0.3) is 5.69 Å². The molecule has 2 aromatic rings. The van der Waals surface area contributed by atoms with Gasteiger partial charge in [0.05, 0.1) is 11.4 Å². The first-order valence-electron chi connectivity index (χ1n) is 7.58. The first-order chi connectivity index (χ1) is 12.0. The zero-order chi connectivity index (χ0) is 18.2. The fourth-order valence-electron chi connectivity index (χ4n) is 1.98. The molecule has 0 saturated heterocycles. The SMILES string of the molecule is C/C=C/C=C/C(=O)OCC(=O)Nc1cc(C)nn1-c1ccc(F)cc1. The summed E-state index contributed by atoms with van der Waals surface area (Å²) in [5.74, 6) is -1.08. The van der Waals surface area contributed by atoms with Crippen LogP contribution in [0.1, 0.15) is 12.6 Å². The van der Waals surface area contributed by atoms with Gasteiger partial charge < -0.3 is 10.1 Å². The highest BCUT2D eigenvalue weighted by molar-refractivity contribution is 5.93. The summed E-state index contributed by atoms with van der Waals surface area (Å²) >= 11 is 0. The van der Waals surface area contributed by atoms with Crippen molar-refractivity contribution in [2.75, 3.05) is 11.9 Å². The predicted molar refractivity (Wildman–Crippen MR) is 91.8 cm³/mol. The summed E-state index contributed by atoms with van der Waals surface area (Å²) in [5, 5.41) is 6.88. The number of hydrogen-bond acceptors (Lipinski definition) is 4. The van der Waals surface area contributed by atoms with Gasteiger partial charge in [-0.1, -0.05) is 18.2 Å². The molecule has 0 atom stereocenters. The van der Waals surface area contributed by atoms with Crippen LogP contribution < -0.4 is 5.32 Å². The predicted octanol–water partition coefficient (Wildman–Crippen LogP) is 2.93. The molecule has 25 heavy (non-hydrogen) atoms. The molecule has 1 aromatic heterocycles. The van der Waals surface area contributed by atoms with Gasteiger partial charge in [-0.15, -0.1) is 0 Å². The standard InChI is InChI=1S/C18H18FN3O3/c1-3-4-5-6-18(24)25-12-17(23)20-16-11-13(2)21-22(16)15-9-7-14(19)8-10-15/h3-11H,12H2,1-2H3,(H,20,23)/b4-3+,6-5+. The average Bonchev–Trinajstić information content (AvgIpc) is 2.94. The van der Waals surface area contributed by atoms with Crippen molar-refractivity contribution in [1.82, 2.24) is 9.78 Å². The summed E-state index contributed by atoms with van der Waals surface area (Å²) in [6.45, 7) is 3.16. The highest BCUT2D eigenvalue weighted by Crippen LogP contribution is 2.17. The molecule has 0 bridgehead atoms. The van der Waals surface area contributed by atoms with Crippen LogP contribution >= 0.6 is 0 Å². The second kappa shape index (κ2) is 8.58. The van der Waals surface area contributed by atoms with E-state index in [2.05, 4.69) is 10.4 Å². The maximum atomic E-state index is 13.0. The number of rotatable bonds is 6. The molecule has 1 heterocycles. The lowest BCUT2D eigenvalue weighted by Crippen LogP contribution is -2.21. The van der Waals surface area contributed by atoms with E-state index in [1.165, 1.54) is 29.0 Å². The average molecular weight is 343 g/mol. The molecule has 0 aliphatic heterocycles. The first-order valence-corrected chi connectivity index (χ1v) is 7.58. The number of carbonyl (C=O) groups is 2. The van der Waals surface area contributed by atoms with E-state index in [0.717, 1.165) is 0 Å². The summed E-state index contributed by atoms with van der Waals surface area (Å²) in [6.07, 6.45) is 6.17. The molecule has 130 valence electrons. The van der Waals surface area contributed by atoms with E-state index < -0.39 is 18.5 Å². The zero-order valence-corrected chi connectivity index (χ0v) is 13.9. The van der Waals surface area contributed by atoms with Gasteiger partial charge in [-0.3, -0.25) is 4.79 Å². The van der Waals surface area contributed by atoms with Gasteiger partial charge in [0.25, 0.3) is 5.91 Å². The molecule has 2 rings (SSSR count). The van der Waals surface area contributed by atoms with Gasteiger partial charge in [0.15, 0.2) is 6.61 Å². The molecule has 0 aliphatic rings. The van der Waals surface area contributed by atoms with Gasteiger partial charge in [0.2, 0.25) is 0 Å². The minimum absolute atomic E-state index is 0.365. The number of halogens is 1. The van der Waals surface area contributed by atoms with Crippen LogP contribution in [0.3, 0.4) is 0 Å². The summed E-state index contributed by atoms with van der Waals surface area (Å²) in [5.41, 5.74) is 1.27. The lowest BCUT2D eigenvalue weighted by Gasteiger charge is -2.09. The van der Waals surface area contributed by atoms with Crippen LogP contribution in [0.15, 0.2) is 54.6 Å². The van der Waals surface area contributed by atoms with Crippen LogP contribution in [-0.4, -0.2) is 28.3 Å². The molecule has 6 nitrogen and oxygen atoms in total. The van der Waals surface area contributed by atoms with Crippen LogP contribution in [0.4, 0.5) is 10.2 Å². The van der Waals surface area contributed by atoms with Crippen LogP contribution in [0.2, 0.25) is 0 Å². The maximum absolute atomic E-state index is 13.0. The number of aromatic nitrogens is 2. The molecule has 0 aliphatic carbocycles. The van der Waals surface area contributed by atoms with Crippen molar-refractivity contribution < 1.29 is 18.7 Å². The number of esters is 1. The molecule has 0 radical (unpaired) electrons. The third-order valence-corrected chi connectivity index (χ3v) is 3.05. The van der Waals surface area contributed by atoms with Gasteiger partial charge in [0.1, 0.15) is 11.6 Å². The molecular weight excluding hydrogens is 325 g/mol. The number of benzene rings is 1. The van der Waals surface area contributed by atoms with Gasteiger partial charge >= 0.3 is 5.97 Å². The van der Waals surface area contributed by atoms with Crippen LogP contribution in [0, 0.1) is 12.7 Å². The number of hydrogen-bond donors (Lipinski definition) is 1. The minimum Gasteiger partial charge on any atom is -0.452 e. The maximum Gasteiger partial charge on any atom is 0.331 e. The number of allylic oxidation sites excluding steroid dienone is 3. The van der Waals surface area contributed by atoms with E-state index in [9.17, 15) is 14.0 Å². The lowest BCUT2D eigenvalue weighted by molar-refractivity contribution is -0.142. The third-order valence-electron chi connectivity index (χ3n) is 3.05. The molecule has 1 aromatic carbocycles. The topological polar surface area (TPSA) is 73.2 Å². The number of nitrogens with zero attached hydrogens (tertiary/aromatic N) is 2. The Labute approximate surface area is 144 Å². The number of amides is 1. The van der Waals surface area contributed by atoms with Crippen LogP contribution in [0.5, 0.6) is 0 Å². The van der Waals surface area contributed by atoms with Crippen molar-refractivity contribution in [1.29, 1.82) is 0 Å². The minimum atomic E-state index is -0.614. The number of carbonyl (C=O) groups excluding carboxylic acids is 2. The Kier molecular flexibility index (Phi) is 6.22. The van der Waals surface area contributed by atoms with E-state index in [1.807, 2.05) is 6.92 Å². The second-order valence-corrected chi connectivity index (χ2v) is 5.10. The highest BCUT2D eigenvalue weighted by Gasteiger charge is 2.12. The highest BCUT2D eigenvalue weighted by atomic mass is 19.1. The molecule has 0 fully saturated rings. The Hall–Kier alpha value is -3.22. The van der Waals surface area contributed by atoms with Gasteiger partial charge in [-0.2, -0.15) is 5.10 Å². The second-order valence-electron chi connectivity index (χ2n) is 5.10. The zero-order valence-electron chi connectivity index (χ0n) is 13.9. The van der Waals surface area contributed by atoms with Crippen molar-refractivity contribution in [2.45, 2.75) is 13.8 Å². The fourth-order valence-corrected chi connectivity index (χ4v) is 1.98. The first kappa shape index (κ1) is 18.1.